The van der Waals surface area contributed by atoms with Gasteiger partial charge < -0.3 is 4.74 Å². The van der Waals surface area contributed by atoms with E-state index in [4.69, 9.17) is 16.3 Å². The van der Waals surface area contributed by atoms with Crippen molar-refractivity contribution < 1.29 is 9.66 Å². The number of thioether (sulfide) groups is 1. The maximum Gasteiger partial charge on any atom is 0.220 e. The molecule has 1 atom stereocenters. The summed E-state index contributed by atoms with van der Waals surface area (Å²) in [7, 11) is 0. The van der Waals surface area contributed by atoms with Gasteiger partial charge in [0, 0.05) is 15.6 Å². The van der Waals surface area contributed by atoms with E-state index in [-0.39, 0.29) is 11.5 Å². The molecule has 7 nitrogen and oxygen atoms in total. The summed E-state index contributed by atoms with van der Waals surface area (Å²) in [5.74, 6) is 1.47. The summed E-state index contributed by atoms with van der Waals surface area (Å²) in [6, 6.07) is 14.6. The van der Waals surface area contributed by atoms with Crippen LogP contribution in [0.15, 0.2) is 53.7 Å². The number of rotatable bonds is 8. The number of nitro groups is 1. The van der Waals surface area contributed by atoms with E-state index in [9.17, 15) is 10.1 Å². The highest BCUT2D eigenvalue weighted by Gasteiger charge is 2.23. The number of nitrogens with zero attached hydrogens (tertiary/aromatic N) is 4. The third kappa shape index (κ3) is 4.82. The first kappa shape index (κ1) is 20.2. The molecule has 0 aliphatic rings. The molecule has 0 fully saturated rings. The van der Waals surface area contributed by atoms with Crippen molar-refractivity contribution >= 4 is 23.4 Å². The fraction of sp³-hybridized carbons (Fsp3) is 0.263. The lowest BCUT2D eigenvalue weighted by molar-refractivity contribution is -0.479. The molecule has 146 valence electrons. The maximum absolute atomic E-state index is 11.2. The van der Waals surface area contributed by atoms with E-state index in [2.05, 4.69) is 10.2 Å². The van der Waals surface area contributed by atoms with Crippen LogP contribution in [0.25, 0.3) is 5.69 Å². The molecule has 0 aliphatic carbocycles. The van der Waals surface area contributed by atoms with Crippen LogP contribution in [0.5, 0.6) is 5.75 Å². The summed E-state index contributed by atoms with van der Waals surface area (Å²) in [6.07, 6.45) is 0. The molecule has 0 spiro atoms. The first-order chi connectivity index (χ1) is 13.5. The van der Waals surface area contributed by atoms with Gasteiger partial charge in [-0.05, 0) is 55.8 Å². The van der Waals surface area contributed by atoms with Crippen molar-refractivity contribution in [3.8, 4) is 11.4 Å². The zero-order chi connectivity index (χ0) is 20.1. The van der Waals surface area contributed by atoms with Gasteiger partial charge >= 0.3 is 0 Å². The van der Waals surface area contributed by atoms with Gasteiger partial charge in [-0.25, -0.2) is 0 Å². The molecule has 0 saturated heterocycles. The largest absolute Gasteiger partial charge is 0.494 e. The van der Waals surface area contributed by atoms with Crippen LogP contribution in [0.2, 0.25) is 5.02 Å². The minimum atomic E-state index is -0.419. The second-order valence-electron chi connectivity index (χ2n) is 5.97. The summed E-state index contributed by atoms with van der Waals surface area (Å²) in [5.41, 5.74) is 1.68. The van der Waals surface area contributed by atoms with Crippen LogP contribution < -0.4 is 4.74 Å². The van der Waals surface area contributed by atoms with Crippen molar-refractivity contribution in [2.75, 3.05) is 13.2 Å². The number of halogens is 1. The van der Waals surface area contributed by atoms with Gasteiger partial charge in [-0.2, -0.15) is 0 Å². The van der Waals surface area contributed by atoms with Crippen LogP contribution in [0, 0.1) is 17.0 Å². The fourth-order valence-corrected chi connectivity index (χ4v) is 4.03. The average Bonchev–Trinajstić information content (AvgIpc) is 3.03. The van der Waals surface area contributed by atoms with Gasteiger partial charge in [0.15, 0.2) is 5.16 Å². The van der Waals surface area contributed by atoms with Gasteiger partial charge in [-0.1, -0.05) is 35.5 Å². The van der Waals surface area contributed by atoms with Gasteiger partial charge in [0.25, 0.3) is 0 Å². The van der Waals surface area contributed by atoms with Gasteiger partial charge in [0.2, 0.25) is 6.54 Å². The zero-order valence-electron chi connectivity index (χ0n) is 15.4. The predicted molar refractivity (Wildman–Crippen MR) is 109 cm³/mol. The summed E-state index contributed by atoms with van der Waals surface area (Å²) in [5, 5.41) is 20.4. The molecule has 0 unspecified atom stereocenters. The van der Waals surface area contributed by atoms with Crippen LogP contribution in [-0.4, -0.2) is 32.8 Å². The number of aryl methyl sites for hydroxylation is 1. The van der Waals surface area contributed by atoms with Crippen LogP contribution in [0.3, 0.4) is 0 Å². The fourth-order valence-electron chi connectivity index (χ4n) is 2.73. The molecule has 1 aromatic heterocycles. The van der Waals surface area contributed by atoms with Crippen molar-refractivity contribution in [1.29, 1.82) is 0 Å². The summed E-state index contributed by atoms with van der Waals surface area (Å²) in [6.45, 7) is 4.13. The maximum atomic E-state index is 11.2. The van der Waals surface area contributed by atoms with Gasteiger partial charge in [0.1, 0.15) is 16.8 Å². The first-order valence-corrected chi connectivity index (χ1v) is 9.93. The first-order valence-electron chi connectivity index (χ1n) is 8.67. The highest BCUT2D eigenvalue weighted by Crippen LogP contribution is 2.36. The van der Waals surface area contributed by atoms with E-state index in [1.165, 1.54) is 11.8 Å². The molecule has 3 aromatic rings. The van der Waals surface area contributed by atoms with E-state index >= 15 is 0 Å². The number of ether oxygens (including phenoxy) is 1. The Morgan fingerprint density at radius 2 is 1.86 bits per heavy atom. The Labute approximate surface area is 171 Å². The summed E-state index contributed by atoms with van der Waals surface area (Å²) >= 11 is 7.25. The second-order valence-corrected chi connectivity index (χ2v) is 7.57. The molecule has 28 heavy (non-hydrogen) atoms. The molecule has 2 aromatic carbocycles. The second kappa shape index (κ2) is 9.07. The monoisotopic (exact) mass is 418 g/mol. The van der Waals surface area contributed by atoms with Gasteiger partial charge in [-0.15, -0.1) is 10.2 Å². The smallest absolute Gasteiger partial charge is 0.220 e. The van der Waals surface area contributed by atoms with E-state index < -0.39 is 5.25 Å². The van der Waals surface area contributed by atoms with Crippen molar-refractivity contribution in [3.05, 3.63) is 75.1 Å². The third-order valence-electron chi connectivity index (χ3n) is 4.01. The molecule has 0 saturated carbocycles. The molecule has 0 radical (unpaired) electrons. The van der Waals surface area contributed by atoms with E-state index in [0.29, 0.717) is 22.6 Å². The Hall–Kier alpha value is -2.58. The molecule has 0 N–H and O–H groups in total. The number of benzene rings is 2. The Kier molecular flexibility index (Phi) is 6.53. The molecule has 3 rings (SSSR count). The van der Waals surface area contributed by atoms with Crippen LogP contribution >= 0.6 is 23.4 Å². The van der Waals surface area contributed by atoms with Crippen molar-refractivity contribution in [1.82, 2.24) is 14.8 Å². The Morgan fingerprint density at radius 1 is 1.18 bits per heavy atom. The Balaban J connectivity index is 1.92. The third-order valence-corrected chi connectivity index (χ3v) is 5.44. The molecular formula is C19H19ClN4O3S. The zero-order valence-corrected chi connectivity index (χ0v) is 17.0. The molecule has 1 heterocycles. The van der Waals surface area contributed by atoms with Crippen LogP contribution in [-0.2, 0) is 0 Å². The number of hydrogen-bond donors (Lipinski definition) is 0. The number of hydrogen-bond acceptors (Lipinski definition) is 6. The molecule has 0 bridgehead atoms. The Morgan fingerprint density at radius 3 is 2.46 bits per heavy atom. The lowest BCUT2D eigenvalue weighted by Crippen LogP contribution is -2.11. The minimum absolute atomic E-state index is 0.235. The topological polar surface area (TPSA) is 83.1 Å². The van der Waals surface area contributed by atoms with Crippen molar-refractivity contribution in [3.63, 3.8) is 0 Å². The number of aromatic nitrogens is 3. The van der Waals surface area contributed by atoms with Crippen LogP contribution in [0.1, 0.15) is 23.6 Å². The van der Waals surface area contributed by atoms with Crippen LogP contribution in [0.4, 0.5) is 0 Å². The summed E-state index contributed by atoms with van der Waals surface area (Å²) in [4.78, 5) is 10.9. The van der Waals surface area contributed by atoms with E-state index in [1.54, 1.807) is 24.3 Å². The normalized spacial score (nSPS) is 12.0. The predicted octanol–water partition coefficient (Wildman–Crippen LogP) is 4.74. The molecule has 0 amide bonds. The van der Waals surface area contributed by atoms with Gasteiger partial charge in [-0.3, -0.25) is 14.7 Å². The SMILES string of the molecule is CCOc1ccc(-n2c(C)nnc2S[C@@H](C[N+](=O)[O-])c2ccc(Cl)cc2)cc1. The minimum Gasteiger partial charge on any atom is -0.494 e. The highest BCUT2D eigenvalue weighted by molar-refractivity contribution is 7.99. The quantitative estimate of drug-likeness (QED) is 0.298. The van der Waals surface area contributed by atoms with Gasteiger partial charge in [0.05, 0.1) is 6.61 Å². The summed E-state index contributed by atoms with van der Waals surface area (Å²) < 4.78 is 7.36. The molecule has 9 heteroatoms. The standard InChI is InChI=1S/C19H19ClN4O3S/c1-3-27-17-10-8-16(9-11-17)24-13(2)21-22-19(24)28-18(12-23(25)26)14-4-6-15(20)7-5-14/h4-11,18H,3,12H2,1-2H3/t18-/m0/s1. The van der Waals surface area contributed by atoms with Crippen molar-refractivity contribution in [2.45, 2.75) is 24.3 Å². The lowest BCUT2D eigenvalue weighted by atomic mass is 10.1. The highest BCUT2D eigenvalue weighted by atomic mass is 35.5. The molecular weight excluding hydrogens is 400 g/mol. The van der Waals surface area contributed by atoms with E-state index in [0.717, 1.165) is 17.0 Å². The lowest BCUT2D eigenvalue weighted by Gasteiger charge is -2.14. The Bertz CT molecular complexity index is 945. The van der Waals surface area contributed by atoms with E-state index in [1.807, 2.05) is 42.7 Å². The average molecular weight is 419 g/mol. The van der Waals surface area contributed by atoms with Crippen molar-refractivity contribution in [2.24, 2.45) is 0 Å². The molecule has 0 aliphatic heterocycles.